The Bertz CT molecular complexity index is 5250. The van der Waals surface area contributed by atoms with Gasteiger partial charge in [0, 0.05) is 84.7 Å². The Balaban J connectivity index is 0.936. The highest BCUT2D eigenvalue weighted by Gasteiger charge is 2.58. The predicted octanol–water partition coefficient (Wildman–Crippen LogP) is 12.3. The van der Waals surface area contributed by atoms with Gasteiger partial charge in [-0.15, -0.1) is 0 Å². The van der Waals surface area contributed by atoms with E-state index >= 15 is 0 Å². The third kappa shape index (κ3) is 6.42. The molecule has 0 N–H and O–H groups in total. The summed E-state index contributed by atoms with van der Waals surface area (Å²) < 4.78 is 2.50. The van der Waals surface area contributed by atoms with Gasteiger partial charge in [0.1, 0.15) is 0 Å². The van der Waals surface area contributed by atoms with Gasteiger partial charge in [0.25, 0.3) is 20.1 Å². The average molecular weight is 1150 g/mol. The van der Waals surface area contributed by atoms with E-state index < -0.39 is 0 Å². The van der Waals surface area contributed by atoms with Gasteiger partial charge in [0.05, 0.1) is 11.0 Å². The SMILES string of the molecule is CC(C)c1cc(C(C)C)c(B2c3ccccc3N(c3ccccc3)c3cc4c(cc32)B2c3ccccc3N3c5ccccc5B5c6ccc(-n7c8ccccc8c8ccccc87)cc6N6c7ccccc7B7c8ccccc8N4c4c2c3c5c6c47)c(C(C)C)c1. The molecule has 9 heteroatoms. The van der Waals surface area contributed by atoms with E-state index in [9.17, 15) is 0 Å². The van der Waals surface area contributed by atoms with E-state index in [1.165, 1.54) is 167 Å². The molecule has 0 saturated carbocycles. The maximum absolute atomic E-state index is 2.77. The number of aromatic nitrogens is 1. The fourth-order valence-electron chi connectivity index (χ4n) is 18.1. The van der Waals surface area contributed by atoms with Gasteiger partial charge >= 0.3 is 0 Å². The molecule has 90 heavy (non-hydrogen) atoms. The third-order valence-electron chi connectivity index (χ3n) is 21.7. The molecule has 0 saturated heterocycles. The summed E-state index contributed by atoms with van der Waals surface area (Å²) in [5, 5.41) is 2.53. The molecule has 12 aromatic carbocycles. The van der Waals surface area contributed by atoms with Crippen molar-refractivity contribution in [1.82, 2.24) is 4.57 Å². The molecular formula is C81H61B4N5. The van der Waals surface area contributed by atoms with Crippen LogP contribution in [0.15, 0.2) is 243 Å². The number of hydrogen-bond donors (Lipinski definition) is 0. The van der Waals surface area contributed by atoms with Crippen LogP contribution < -0.4 is 85.2 Å². The number of anilines is 12. The summed E-state index contributed by atoms with van der Waals surface area (Å²) in [6.07, 6.45) is 0. The first-order valence-corrected chi connectivity index (χ1v) is 32.6. The highest BCUT2D eigenvalue weighted by Crippen LogP contribution is 2.53. The van der Waals surface area contributed by atoms with Crippen molar-refractivity contribution in [1.29, 1.82) is 0 Å². The van der Waals surface area contributed by atoms with Crippen molar-refractivity contribution in [2.75, 3.05) is 19.6 Å². The molecule has 7 aliphatic rings. The van der Waals surface area contributed by atoms with Gasteiger partial charge in [-0.05, 0) is 167 Å². The van der Waals surface area contributed by atoms with Crippen molar-refractivity contribution in [3.8, 4) is 5.69 Å². The van der Waals surface area contributed by atoms with Crippen LogP contribution in [-0.4, -0.2) is 31.4 Å². The maximum Gasteiger partial charge on any atom is 0.252 e. The Labute approximate surface area is 527 Å². The highest BCUT2D eigenvalue weighted by molar-refractivity contribution is 7.09. The van der Waals surface area contributed by atoms with Crippen molar-refractivity contribution in [2.24, 2.45) is 0 Å². The molecule has 13 aromatic rings. The smallest absolute Gasteiger partial charge is 0.252 e. The van der Waals surface area contributed by atoms with Crippen LogP contribution >= 0.6 is 0 Å². The van der Waals surface area contributed by atoms with Crippen LogP contribution in [0.25, 0.3) is 27.5 Å². The van der Waals surface area contributed by atoms with E-state index in [4.69, 9.17) is 0 Å². The summed E-state index contributed by atoms with van der Waals surface area (Å²) in [6, 6.07) is 94.2. The number of para-hydroxylation sites is 8. The van der Waals surface area contributed by atoms with Crippen LogP contribution in [-0.2, 0) is 0 Å². The minimum absolute atomic E-state index is 0.0309. The van der Waals surface area contributed by atoms with Crippen LogP contribution in [0.3, 0.4) is 0 Å². The number of benzene rings is 12. The molecule has 8 heterocycles. The summed E-state index contributed by atoms with van der Waals surface area (Å²) in [7, 11) is 0. The Hall–Kier alpha value is -10.1. The van der Waals surface area contributed by atoms with Gasteiger partial charge in [0.15, 0.2) is 0 Å². The zero-order valence-corrected chi connectivity index (χ0v) is 51.4. The minimum atomic E-state index is -0.0949. The lowest BCUT2D eigenvalue weighted by molar-refractivity contribution is 0.812. The number of rotatable bonds is 6. The molecule has 0 spiro atoms. The second-order valence-corrected chi connectivity index (χ2v) is 27.1. The largest absolute Gasteiger partial charge is 0.312 e. The zero-order valence-electron chi connectivity index (χ0n) is 51.4. The van der Waals surface area contributed by atoms with Gasteiger partial charge in [-0.2, -0.15) is 0 Å². The standard InChI is InChI=1S/C81H61B4N5/c1-47(2)50-42-55(48(3)4)75(56(43-50)49(5)6)84-57-28-12-19-35-67(57)86(51-24-8-7-9-25-51)73-46-74-64(45-63(73)84)85-61-32-16-21-37-69(61)88-68-36-20-13-29-58(68)83-62-41-40-52(87-65-33-17-10-26-53(65)54-27-11-18-34-66(54)87)44-72(62)89-70-38-22-14-30-59(70)82-60-31-15-23-39-71(60)90(74)81-77(82)80(89)76(83)79(88)78(81)85/h7-49H,1-6H3. The summed E-state index contributed by atoms with van der Waals surface area (Å²) in [5.74, 6) is 1.01. The lowest BCUT2D eigenvalue weighted by Gasteiger charge is -2.56. The molecule has 0 radical (unpaired) electrons. The van der Waals surface area contributed by atoms with Crippen molar-refractivity contribution in [3.05, 3.63) is 259 Å². The first-order chi connectivity index (χ1) is 44.2. The van der Waals surface area contributed by atoms with Crippen LogP contribution in [0, 0.1) is 0 Å². The number of fused-ring (bicyclic) bond motifs is 23. The predicted molar refractivity (Wildman–Crippen MR) is 387 cm³/mol. The number of hydrogen-bond acceptors (Lipinski definition) is 4. The zero-order chi connectivity index (χ0) is 59.7. The van der Waals surface area contributed by atoms with Crippen molar-refractivity contribution < 1.29 is 0 Å². The Kier molecular flexibility index (Phi) is 10.3. The molecule has 0 fully saturated rings. The Morgan fingerprint density at radius 2 is 0.611 bits per heavy atom. The monoisotopic (exact) mass is 1150 g/mol. The van der Waals surface area contributed by atoms with E-state index in [0.29, 0.717) is 17.8 Å². The molecule has 0 unspecified atom stereocenters. The van der Waals surface area contributed by atoms with Gasteiger partial charge in [-0.3, -0.25) is 0 Å². The summed E-state index contributed by atoms with van der Waals surface area (Å²) in [5.41, 5.74) is 39.5. The maximum atomic E-state index is 2.77. The molecular weight excluding hydrogens is 1090 g/mol. The minimum Gasteiger partial charge on any atom is -0.312 e. The van der Waals surface area contributed by atoms with E-state index in [1.54, 1.807) is 0 Å². The average Bonchev–Trinajstić information content (AvgIpc) is 0.689. The van der Waals surface area contributed by atoms with Crippen molar-refractivity contribution >= 4 is 182 Å². The van der Waals surface area contributed by atoms with Gasteiger partial charge in [-0.1, -0.05) is 217 Å². The lowest BCUT2D eigenvalue weighted by Crippen LogP contribution is -2.75. The van der Waals surface area contributed by atoms with E-state index in [1.807, 2.05) is 0 Å². The lowest BCUT2D eigenvalue weighted by atomic mass is 9.24. The molecule has 422 valence electrons. The molecule has 1 aromatic heterocycles. The molecule has 20 rings (SSSR count). The molecule has 0 aliphatic carbocycles. The fraction of sp³-hybridized carbons (Fsp3) is 0.111. The molecule has 0 bridgehead atoms. The normalized spacial score (nSPS) is 14.5. The Morgan fingerprint density at radius 3 is 1.07 bits per heavy atom. The summed E-state index contributed by atoms with van der Waals surface area (Å²) in [6.45, 7) is 14.2. The molecule has 7 aliphatic heterocycles. The van der Waals surface area contributed by atoms with Crippen LogP contribution in [0.2, 0.25) is 0 Å². The quantitative estimate of drug-likeness (QED) is 0.154. The van der Waals surface area contributed by atoms with Gasteiger partial charge in [0.2, 0.25) is 6.71 Å². The molecule has 5 nitrogen and oxygen atoms in total. The molecule has 0 amide bonds. The van der Waals surface area contributed by atoms with Crippen molar-refractivity contribution in [2.45, 2.75) is 59.3 Å². The topological polar surface area (TPSA) is 17.9 Å². The third-order valence-corrected chi connectivity index (χ3v) is 21.7. The van der Waals surface area contributed by atoms with E-state index in [-0.39, 0.29) is 26.9 Å². The number of nitrogens with zero attached hydrogens (tertiary/aromatic N) is 5. The molecule has 0 atom stereocenters. The second kappa shape index (κ2) is 18.3. The Morgan fingerprint density at radius 1 is 0.256 bits per heavy atom. The van der Waals surface area contributed by atoms with E-state index in [0.717, 1.165) is 11.4 Å². The fourth-order valence-corrected chi connectivity index (χ4v) is 18.1. The van der Waals surface area contributed by atoms with Crippen molar-refractivity contribution in [3.63, 3.8) is 0 Å². The summed E-state index contributed by atoms with van der Waals surface area (Å²) >= 11 is 0. The van der Waals surface area contributed by atoms with E-state index in [2.05, 4.69) is 308 Å². The second-order valence-electron chi connectivity index (χ2n) is 27.1. The highest BCUT2D eigenvalue weighted by atomic mass is 15.2. The summed E-state index contributed by atoms with van der Waals surface area (Å²) in [4.78, 5) is 10.8. The first kappa shape index (κ1) is 50.9. The van der Waals surface area contributed by atoms with Gasteiger partial charge in [-0.25, -0.2) is 0 Å². The van der Waals surface area contributed by atoms with Crippen LogP contribution in [0.4, 0.5) is 68.2 Å². The van der Waals surface area contributed by atoms with Crippen LogP contribution in [0.1, 0.15) is 76.0 Å². The van der Waals surface area contributed by atoms with Gasteiger partial charge < -0.3 is 24.2 Å². The first-order valence-electron chi connectivity index (χ1n) is 32.6. The van der Waals surface area contributed by atoms with Crippen LogP contribution in [0.5, 0.6) is 0 Å².